The lowest BCUT2D eigenvalue weighted by atomic mass is 10.1. The third-order valence-electron chi connectivity index (χ3n) is 3.12. The average molecular weight is 312 g/mol. The van der Waals surface area contributed by atoms with Crippen molar-refractivity contribution in [3.63, 3.8) is 0 Å². The molecule has 7 heteroatoms. The molecule has 5 nitrogen and oxygen atoms in total. The van der Waals surface area contributed by atoms with Crippen LogP contribution in [0.15, 0.2) is 30.5 Å². The molecule has 3 N–H and O–H groups in total. The van der Waals surface area contributed by atoms with Gasteiger partial charge in [-0.25, -0.2) is 10.8 Å². The van der Waals surface area contributed by atoms with E-state index in [1.807, 2.05) is 36.2 Å². The standard InChI is InChI=1S/C13H15Cl2N5/c1-8(9-3-5-10(14)6-4-9)20(2)12-11(15)7-17-13(18-12)19-16/h3-8H,16H2,1-2H3,(H,17,18,19). The van der Waals surface area contributed by atoms with Crippen molar-refractivity contribution in [2.75, 3.05) is 17.4 Å². The van der Waals surface area contributed by atoms with Crippen molar-refractivity contribution in [3.8, 4) is 0 Å². The van der Waals surface area contributed by atoms with Crippen LogP contribution in [0.3, 0.4) is 0 Å². The highest BCUT2D eigenvalue weighted by Crippen LogP contribution is 2.30. The van der Waals surface area contributed by atoms with Gasteiger partial charge in [0.25, 0.3) is 0 Å². The quantitative estimate of drug-likeness (QED) is 0.670. The van der Waals surface area contributed by atoms with Gasteiger partial charge in [-0.1, -0.05) is 35.3 Å². The van der Waals surface area contributed by atoms with Crippen LogP contribution in [0.25, 0.3) is 0 Å². The molecule has 2 rings (SSSR count). The second-order valence-electron chi connectivity index (χ2n) is 4.35. The molecule has 0 saturated carbocycles. The summed E-state index contributed by atoms with van der Waals surface area (Å²) in [6, 6.07) is 7.73. The van der Waals surface area contributed by atoms with E-state index in [1.54, 1.807) is 0 Å². The molecule has 106 valence electrons. The second kappa shape index (κ2) is 6.26. The summed E-state index contributed by atoms with van der Waals surface area (Å²) in [4.78, 5) is 10.2. The first kappa shape index (κ1) is 14.8. The third-order valence-corrected chi connectivity index (χ3v) is 3.64. The monoisotopic (exact) mass is 311 g/mol. The topological polar surface area (TPSA) is 67.1 Å². The van der Waals surface area contributed by atoms with Crippen molar-refractivity contribution in [1.29, 1.82) is 0 Å². The SMILES string of the molecule is CC(c1ccc(Cl)cc1)N(C)c1nc(NN)ncc1Cl. The van der Waals surface area contributed by atoms with E-state index in [0.717, 1.165) is 5.56 Å². The van der Waals surface area contributed by atoms with Gasteiger partial charge < -0.3 is 4.90 Å². The number of nitrogens with one attached hydrogen (secondary N) is 1. The summed E-state index contributed by atoms with van der Waals surface area (Å²) in [5.41, 5.74) is 3.52. The second-order valence-corrected chi connectivity index (χ2v) is 5.19. The van der Waals surface area contributed by atoms with Gasteiger partial charge in [0, 0.05) is 12.1 Å². The minimum atomic E-state index is 0.0743. The number of aromatic nitrogens is 2. The minimum Gasteiger partial charge on any atom is -0.352 e. The maximum atomic E-state index is 6.15. The van der Waals surface area contributed by atoms with Crippen LogP contribution in [0.1, 0.15) is 18.5 Å². The molecule has 1 unspecified atom stereocenters. The Hall–Kier alpha value is -1.56. The largest absolute Gasteiger partial charge is 0.352 e. The number of anilines is 2. The van der Waals surface area contributed by atoms with E-state index in [9.17, 15) is 0 Å². The van der Waals surface area contributed by atoms with Crippen molar-refractivity contribution < 1.29 is 0 Å². The number of rotatable bonds is 4. The van der Waals surface area contributed by atoms with Gasteiger partial charge in [-0.05, 0) is 24.6 Å². The van der Waals surface area contributed by atoms with E-state index >= 15 is 0 Å². The molecule has 0 aliphatic heterocycles. The fourth-order valence-electron chi connectivity index (χ4n) is 1.82. The molecule has 1 heterocycles. The fourth-order valence-corrected chi connectivity index (χ4v) is 2.17. The third kappa shape index (κ3) is 3.12. The summed E-state index contributed by atoms with van der Waals surface area (Å²) < 4.78 is 0. The van der Waals surface area contributed by atoms with E-state index < -0.39 is 0 Å². The predicted molar refractivity (Wildman–Crippen MR) is 83.1 cm³/mol. The Kier molecular flexibility index (Phi) is 4.65. The van der Waals surface area contributed by atoms with Crippen LogP contribution in [0.5, 0.6) is 0 Å². The lowest BCUT2D eigenvalue weighted by molar-refractivity contribution is 0.727. The van der Waals surface area contributed by atoms with Gasteiger partial charge >= 0.3 is 0 Å². The predicted octanol–water partition coefficient (Wildman–Crippen LogP) is 3.27. The lowest BCUT2D eigenvalue weighted by Gasteiger charge is -2.27. The summed E-state index contributed by atoms with van der Waals surface area (Å²) in [6.45, 7) is 2.05. The maximum absolute atomic E-state index is 6.15. The molecule has 0 amide bonds. The molecule has 0 fully saturated rings. The molecule has 1 atom stereocenters. The van der Waals surface area contributed by atoms with Crippen LogP contribution in [0, 0.1) is 0 Å². The molecule has 1 aromatic heterocycles. The molecule has 0 spiro atoms. The zero-order valence-corrected chi connectivity index (χ0v) is 12.7. The first-order valence-electron chi connectivity index (χ1n) is 6.00. The van der Waals surface area contributed by atoms with Crippen LogP contribution in [0.2, 0.25) is 10.0 Å². The molecular formula is C13H15Cl2N5. The van der Waals surface area contributed by atoms with Gasteiger partial charge in [0.2, 0.25) is 5.95 Å². The van der Waals surface area contributed by atoms with E-state index in [4.69, 9.17) is 29.0 Å². The molecule has 0 aliphatic carbocycles. The lowest BCUT2D eigenvalue weighted by Crippen LogP contribution is -2.24. The van der Waals surface area contributed by atoms with Crippen molar-refractivity contribution in [2.45, 2.75) is 13.0 Å². The van der Waals surface area contributed by atoms with Crippen molar-refractivity contribution in [2.24, 2.45) is 5.84 Å². The van der Waals surface area contributed by atoms with Gasteiger partial charge in [0.15, 0.2) is 5.82 Å². The first-order chi connectivity index (χ1) is 9.52. The summed E-state index contributed by atoms with van der Waals surface area (Å²) in [6.07, 6.45) is 1.52. The molecule has 2 aromatic rings. The summed E-state index contributed by atoms with van der Waals surface area (Å²) in [5, 5.41) is 1.17. The van der Waals surface area contributed by atoms with Crippen LogP contribution in [-0.2, 0) is 0 Å². The van der Waals surface area contributed by atoms with Crippen LogP contribution in [0.4, 0.5) is 11.8 Å². The molecule has 0 aliphatic rings. The minimum absolute atomic E-state index is 0.0743. The summed E-state index contributed by atoms with van der Waals surface area (Å²) >= 11 is 12.0. The molecular weight excluding hydrogens is 297 g/mol. The van der Waals surface area contributed by atoms with Crippen molar-refractivity contribution >= 4 is 35.0 Å². The summed E-state index contributed by atoms with van der Waals surface area (Å²) in [7, 11) is 1.91. The zero-order valence-electron chi connectivity index (χ0n) is 11.1. The molecule has 1 aromatic carbocycles. The smallest absolute Gasteiger partial charge is 0.239 e. The number of hydrogen-bond donors (Lipinski definition) is 2. The Morgan fingerprint density at radius 2 is 1.90 bits per heavy atom. The Bertz CT molecular complexity index is 588. The van der Waals surface area contributed by atoms with Gasteiger partial charge in [-0.3, -0.25) is 5.43 Å². The molecule has 0 radical (unpaired) electrons. The van der Waals surface area contributed by atoms with Crippen LogP contribution in [-0.4, -0.2) is 17.0 Å². The highest BCUT2D eigenvalue weighted by atomic mass is 35.5. The van der Waals surface area contributed by atoms with E-state index in [-0.39, 0.29) is 6.04 Å². The molecule has 0 bridgehead atoms. The van der Waals surface area contributed by atoms with E-state index in [1.165, 1.54) is 6.20 Å². The van der Waals surface area contributed by atoms with Gasteiger partial charge in [0.1, 0.15) is 5.02 Å². The van der Waals surface area contributed by atoms with E-state index in [2.05, 4.69) is 22.3 Å². The number of nitrogens with zero attached hydrogens (tertiary/aromatic N) is 3. The Labute approximate surface area is 127 Å². The Balaban J connectivity index is 2.30. The normalized spacial score (nSPS) is 12.1. The Morgan fingerprint density at radius 1 is 1.25 bits per heavy atom. The molecule has 0 saturated heterocycles. The van der Waals surface area contributed by atoms with Crippen LogP contribution >= 0.6 is 23.2 Å². The van der Waals surface area contributed by atoms with Gasteiger partial charge in [0.05, 0.1) is 12.2 Å². The fraction of sp³-hybridized carbons (Fsp3) is 0.231. The average Bonchev–Trinajstić information content (AvgIpc) is 2.47. The highest BCUT2D eigenvalue weighted by molar-refractivity contribution is 6.32. The molecule has 20 heavy (non-hydrogen) atoms. The number of hydrazine groups is 1. The number of halogens is 2. The van der Waals surface area contributed by atoms with Crippen LogP contribution < -0.4 is 16.2 Å². The number of hydrogen-bond acceptors (Lipinski definition) is 5. The number of nitrogens with two attached hydrogens (primary N) is 1. The van der Waals surface area contributed by atoms with Crippen molar-refractivity contribution in [3.05, 3.63) is 46.1 Å². The number of benzene rings is 1. The first-order valence-corrected chi connectivity index (χ1v) is 6.76. The van der Waals surface area contributed by atoms with Crippen molar-refractivity contribution in [1.82, 2.24) is 9.97 Å². The zero-order chi connectivity index (χ0) is 14.7. The Morgan fingerprint density at radius 3 is 2.50 bits per heavy atom. The van der Waals surface area contributed by atoms with Gasteiger partial charge in [-0.15, -0.1) is 0 Å². The maximum Gasteiger partial charge on any atom is 0.239 e. The highest BCUT2D eigenvalue weighted by Gasteiger charge is 2.17. The number of nitrogen functional groups attached to an aromatic ring is 1. The summed E-state index contributed by atoms with van der Waals surface area (Å²) in [5.74, 6) is 6.25. The van der Waals surface area contributed by atoms with E-state index in [0.29, 0.717) is 21.8 Å². The van der Waals surface area contributed by atoms with Gasteiger partial charge in [-0.2, -0.15) is 4.98 Å².